The Morgan fingerprint density at radius 3 is 2.82 bits per heavy atom. The zero-order valence-corrected chi connectivity index (χ0v) is 12.3. The van der Waals surface area contributed by atoms with Crippen molar-refractivity contribution in [2.75, 3.05) is 7.11 Å². The van der Waals surface area contributed by atoms with E-state index in [0.717, 1.165) is 12.8 Å². The summed E-state index contributed by atoms with van der Waals surface area (Å²) in [4.78, 5) is 38.4. The van der Waals surface area contributed by atoms with E-state index in [2.05, 4.69) is 0 Å². The Labute approximate surface area is 127 Å². The van der Waals surface area contributed by atoms with E-state index in [1.807, 2.05) is 0 Å². The molecule has 0 unspecified atom stereocenters. The van der Waals surface area contributed by atoms with E-state index in [1.165, 1.54) is 7.11 Å². The third kappa shape index (κ3) is 1.24. The molecule has 2 fully saturated rings. The lowest BCUT2D eigenvalue weighted by molar-refractivity contribution is -0.158. The highest BCUT2D eigenvalue weighted by Gasteiger charge is 2.76. The van der Waals surface area contributed by atoms with Crippen LogP contribution in [0.15, 0.2) is 24.3 Å². The third-order valence-electron chi connectivity index (χ3n) is 5.46. The first-order valence-electron chi connectivity index (χ1n) is 7.55. The summed E-state index contributed by atoms with van der Waals surface area (Å²) in [5.41, 5.74) is -1.81. The first-order valence-corrected chi connectivity index (χ1v) is 7.55. The van der Waals surface area contributed by atoms with Gasteiger partial charge in [0.2, 0.25) is 5.78 Å². The Balaban J connectivity index is 2.09. The average Bonchev–Trinajstić information content (AvgIpc) is 2.79. The van der Waals surface area contributed by atoms with Gasteiger partial charge in [0.15, 0.2) is 11.0 Å². The van der Waals surface area contributed by atoms with Gasteiger partial charge in [0.25, 0.3) is 0 Å². The van der Waals surface area contributed by atoms with Crippen molar-refractivity contribution in [2.45, 2.75) is 36.7 Å². The average molecular weight is 300 g/mol. The van der Waals surface area contributed by atoms with E-state index in [0.29, 0.717) is 24.0 Å². The van der Waals surface area contributed by atoms with Crippen LogP contribution < -0.4 is 0 Å². The molecular weight excluding hydrogens is 284 g/mol. The topological polar surface area (TPSA) is 69.7 Å². The van der Waals surface area contributed by atoms with Crippen molar-refractivity contribution >= 4 is 17.7 Å². The van der Waals surface area contributed by atoms with Gasteiger partial charge in [-0.1, -0.05) is 30.7 Å². The number of carbonyl (C=O) groups is 3. The zero-order valence-electron chi connectivity index (χ0n) is 12.3. The van der Waals surface area contributed by atoms with Crippen LogP contribution in [0, 0.1) is 5.92 Å². The summed E-state index contributed by atoms with van der Waals surface area (Å²) in [6, 6.07) is 6.82. The molecule has 5 nitrogen and oxygen atoms in total. The van der Waals surface area contributed by atoms with Crippen LogP contribution in [0.4, 0.5) is 0 Å². The van der Waals surface area contributed by atoms with Crippen LogP contribution in [0.2, 0.25) is 0 Å². The number of Topliss-reactive ketones (excluding diaryl/α,β-unsaturated/α-hetero) is 1. The summed E-state index contributed by atoms with van der Waals surface area (Å²) in [6.45, 7) is 0. The number of ether oxygens (including phenoxy) is 2. The lowest BCUT2D eigenvalue weighted by atomic mass is 9.55. The molecule has 1 heterocycles. The van der Waals surface area contributed by atoms with E-state index < -0.39 is 28.9 Å². The van der Waals surface area contributed by atoms with Crippen molar-refractivity contribution in [2.24, 2.45) is 5.92 Å². The number of benzene rings is 1. The monoisotopic (exact) mass is 300 g/mol. The second kappa shape index (κ2) is 4.18. The molecule has 2 bridgehead atoms. The summed E-state index contributed by atoms with van der Waals surface area (Å²) in [5.74, 6) is -1.88. The standard InChI is InChI=1S/C17H16O5/c1-21-14(19)17-11-7-3-2-6-10(11)13(18)16(22-15(17)20)9-5-4-8-12(16)17/h2-3,6-7,12H,4-5,8-9H2,1H3/t12-,16+,17+/m0/s1. The van der Waals surface area contributed by atoms with Gasteiger partial charge in [0, 0.05) is 11.5 Å². The van der Waals surface area contributed by atoms with E-state index in [-0.39, 0.29) is 5.78 Å². The second-order valence-corrected chi connectivity index (χ2v) is 6.25. The van der Waals surface area contributed by atoms with Gasteiger partial charge < -0.3 is 9.47 Å². The molecule has 114 valence electrons. The minimum absolute atomic E-state index is 0.168. The molecule has 1 aromatic rings. The smallest absolute Gasteiger partial charge is 0.329 e. The Morgan fingerprint density at radius 2 is 2.05 bits per heavy atom. The number of hydrogen-bond acceptors (Lipinski definition) is 5. The van der Waals surface area contributed by atoms with Crippen molar-refractivity contribution in [1.29, 1.82) is 0 Å². The fraction of sp³-hybridized carbons (Fsp3) is 0.471. The minimum atomic E-state index is -1.49. The normalized spacial score (nSPS) is 35.4. The summed E-state index contributed by atoms with van der Waals surface area (Å²) in [5, 5.41) is 0. The molecule has 0 radical (unpaired) electrons. The van der Waals surface area contributed by atoms with Gasteiger partial charge in [-0.15, -0.1) is 0 Å². The van der Waals surface area contributed by atoms with Crippen molar-refractivity contribution in [3.63, 3.8) is 0 Å². The van der Waals surface area contributed by atoms with Gasteiger partial charge in [-0.25, -0.2) is 0 Å². The quantitative estimate of drug-likeness (QED) is 0.584. The van der Waals surface area contributed by atoms with E-state index in [4.69, 9.17) is 9.47 Å². The van der Waals surface area contributed by atoms with Gasteiger partial charge in [0.1, 0.15) is 0 Å². The number of methoxy groups -OCH3 is 1. The molecule has 1 saturated heterocycles. The molecular formula is C17H16O5. The lowest BCUT2D eigenvalue weighted by Gasteiger charge is -2.43. The van der Waals surface area contributed by atoms with Crippen molar-refractivity contribution < 1.29 is 23.9 Å². The van der Waals surface area contributed by atoms with Gasteiger partial charge in [0.05, 0.1) is 7.11 Å². The van der Waals surface area contributed by atoms with Gasteiger partial charge in [-0.05, 0) is 24.8 Å². The number of carbonyl (C=O) groups excluding carboxylic acids is 3. The van der Waals surface area contributed by atoms with Crippen molar-refractivity contribution in [3.8, 4) is 0 Å². The molecule has 0 spiro atoms. The predicted molar refractivity (Wildman–Crippen MR) is 75.2 cm³/mol. The Kier molecular flexibility index (Phi) is 2.56. The van der Waals surface area contributed by atoms with Crippen LogP contribution >= 0.6 is 0 Å². The highest BCUT2D eigenvalue weighted by Crippen LogP contribution is 2.60. The SMILES string of the molecule is COC(=O)[C@]12C(=O)O[C@@]3(CCCC[C@H]13)C(=O)c1ccccc12. The van der Waals surface area contributed by atoms with Gasteiger partial charge >= 0.3 is 11.9 Å². The fourth-order valence-corrected chi connectivity index (χ4v) is 4.59. The Morgan fingerprint density at radius 1 is 1.27 bits per heavy atom. The van der Waals surface area contributed by atoms with Crippen molar-refractivity contribution in [1.82, 2.24) is 0 Å². The van der Waals surface area contributed by atoms with Crippen LogP contribution in [0.3, 0.4) is 0 Å². The van der Waals surface area contributed by atoms with Crippen LogP contribution in [-0.4, -0.2) is 30.4 Å². The maximum absolute atomic E-state index is 13.0. The maximum atomic E-state index is 13.0. The fourth-order valence-electron chi connectivity index (χ4n) is 4.59. The van der Waals surface area contributed by atoms with Crippen LogP contribution in [0.5, 0.6) is 0 Å². The largest absolute Gasteiger partial charge is 0.468 e. The molecule has 4 rings (SSSR count). The van der Waals surface area contributed by atoms with Crippen LogP contribution in [-0.2, 0) is 24.5 Å². The second-order valence-electron chi connectivity index (χ2n) is 6.25. The van der Waals surface area contributed by atoms with Crippen LogP contribution in [0.1, 0.15) is 41.6 Å². The molecule has 22 heavy (non-hydrogen) atoms. The molecule has 5 heteroatoms. The molecule has 3 aliphatic rings. The molecule has 0 amide bonds. The molecule has 1 aromatic carbocycles. The first-order chi connectivity index (χ1) is 10.6. The summed E-state index contributed by atoms with van der Waals surface area (Å²) in [7, 11) is 1.27. The number of rotatable bonds is 1. The molecule has 3 atom stereocenters. The summed E-state index contributed by atoms with van der Waals surface area (Å²) < 4.78 is 10.6. The third-order valence-corrected chi connectivity index (χ3v) is 5.46. The van der Waals surface area contributed by atoms with E-state index >= 15 is 0 Å². The first kappa shape index (κ1) is 13.5. The molecule has 1 saturated carbocycles. The van der Waals surface area contributed by atoms with Crippen LogP contribution in [0.25, 0.3) is 0 Å². The van der Waals surface area contributed by atoms with E-state index in [1.54, 1.807) is 24.3 Å². The zero-order chi connectivity index (χ0) is 15.5. The molecule has 1 aliphatic heterocycles. The predicted octanol–water partition coefficient (Wildman–Crippen LogP) is 1.78. The number of fused-ring (bicyclic) bond motifs is 2. The number of hydrogen-bond donors (Lipinski definition) is 0. The summed E-state index contributed by atoms with van der Waals surface area (Å²) >= 11 is 0. The highest BCUT2D eigenvalue weighted by molar-refractivity contribution is 6.19. The Bertz CT molecular complexity index is 709. The molecule has 0 aromatic heterocycles. The Hall–Kier alpha value is -2.17. The van der Waals surface area contributed by atoms with Crippen molar-refractivity contribution in [3.05, 3.63) is 35.4 Å². The van der Waals surface area contributed by atoms with Gasteiger partial charge in [-0.2, -0.15) is 0 Å². The maximum Gasteiger partial charge on any atom is 0.329 e. The van der Waals surface area contributed by atoms with E-state index in [9.17, 15) is 14.4 Å². The lowest BCUT2D eigenvalue weighted by Crippen LogP contribution is -2.58. The molecule has 0 N–H and O–H groups in total. The number of esters is 2. The van der Waals surface area contributed by atoms with Gasteiger partial charge in [-0.3, -0.25) is 14.4 Å². The summed E-state index contributed by atoms with van der Waals surface area (Å²) in [6.07, 6.45) is 2.78. The molecule has 2 aliphatic carbocycles. The highest BCUT2D eigenvalue weighted by atomic mass is 16.6. The number of ketones is 1. The minimum Gasteiger partial charge on any atom is -0.468 e.